The Kier molecular flexibility index (Phi) is 4.40. The number of carbonyl (C=O) groups is 1. The lowest BCUT2D eigenvalue weighted by Gasteiger charge is -2.26. The normalized spacial score (nSPS) is 15.4. The van der Waals surface area contributed by atoms with Crippen molar-refractivity contribution >= 4 is 6.09 Å². The molecule has 5 heteroatoms. The number of aromatic nitrogens is 1. The molecule has 1 heterocycles. The summed E-state index contributed by atoms with van der Waals surface area (Å²) in [5, 5.41) is 2.63. The molecule has 1 aliphatic rings. The molecule has 21 heavy (non-hydrogen) atoms. The molecule has 0 spiro atoms. The van der Waals surface area contributed by atoms with Crippen LogP contribution in [0.5, 0.6) is 0 Å². The summed E-state index contributed by atoms with van der Waals surface area (Å²) in [6.45, 7) is 7.50. The van der Waals surface area contributed by atoms with Gasteiger partial charge in [-0.2, -0.15) is 0 Å². The van der Waals surface area contributed by atoms with E-state index in [2.05, 4.69) is 10.3 Å². The molecule has 1 saturated carbocycles. The smallest absolute Gasteiger partial charge is 0.407 e. The number of ether oxygens (including phenoxy) is 1. The summed E-state index contributed by atoms with van der Waals surface area (Å²) in [4.78, 5) is 26.7. The number of amides is 1. The van der Waals surface area contributed by atoms with Gasteiger partial charge in [-0.3, -0.25) is 4.79 Å². The highest BCUT2D eigenvalue weighted by atomic mass is 16.6. The topological polar surface area (TPSA) is 71.2 Å². The van der Waals surface area contributed by atoms with E-state index in [1.54, 1.807) is 20.8 Å². The molecule has 1 aromatic heterocycles. The van der Waals surface area contributed by atoms with Gasteiger partial charge in [0.2, 0.25) is 0 Å². The molecule has 1 aliphatic carbocycles. The number of carbonyl (C=O) groups excluding carboxylic acids is 1. The fourth-order valence-corrected chi connectivity index (χ4v) is 2.38. The van der Waals surface area contributed by atoms with Crippen molar-refractivity contribution in [2.75, 3.05) is 0 Å². The highest BCUT2D eigenvalue weighted by molar-refractivity contribution is 5.67. The zero-order valence-corrected chi connectivity index (χ0v) is 13.2. The van der Waals surface area contributed by atoms with Crippen LogP contribution in [0.4, 0.5) is 4.79 Å². The molecule has 0 aliphatic heterocycles. The van der Waals surface area contributed by atoms with E-state index >= 15 is 0 Å². The van der Waals surface area contributed by atoms with Gasteiger partial charge in [-0.25, -0.2) is 4.79 Å². The minimum absolute atomic E-state index is 0.118. The number of hydrogen-bond donors (Lipinski definition) is 2. The van der Waals surface area contributed by atoms with E-state index < -0.39 is 11.7 Å². The van der Waals surface area contributed by atoms with E-state index in [1.165, 1.54) is 6.42 Å². The highest BCUT2D eigenvalue weighted by Gasteiger charge is 2.22. The summed E-state index contributed by atoms with van der Waals surface area (Å²) in [7, 11) is 0. The van der Waals surface area contributed by atoms with Crippen molar-refractivity contribution in [1.82, 2.24) is 10.3 Å². The van der Waals surface area contributed by atoms with Crippen LogP contribution in [-0.2, 0) is 11.3 Å². The summed E-state index contributed by atoms with van der Waals surface area (Å²) in [5.41, 5.74) is 1.86. The lowest BCUT2D eigenvalue weighted by molar-refractivity contribution is 0.0523. The molecule has 0 bridgehead atoms. The van der Waals surface area contributed by atoms with Gasteiger partial charge >= 0.3 is 6.09 Å². The summed E-state index contributed by atoms with van der Waals surface area (Å²) < 4.78 is 5.17. The van der Waals surface area contributed by atoms with E-state index in [4.69, 9.17) is 4.74 Å². The number of aromatic amines is 1. The van der Waals surface area contributed by atoms with Crippen LogP contribution in [-0.4, -0.2) is 16.7 Å². The van der Waals surface area contributed by atoms with Crippen molar-refractivity contribution in [3.8, 4) is 0 Å². The minimum atomic E-state index is -0.542. The SMILES string of the molecule is Cc1cc(C2CCC2)[nH]c(=O)c1CNC(=O)OC(C)(C)C. The summed E-state index contributed by atoms with van der Waals surface area (Å²) in [5.74, 6) is 0.490. The molecule has 0 unspecified atom stereocenters. The van der Waals surface area contributed by atoms with E-state index in [0.717, 1.165) is 24.1 Å². The Morgan fingerprint density at radius 3 is 2.57 bits per heavy atom. The number of H-pyrrole nitrogens is 1. The molecule has 2 N–H and O–H groups in total. The summed E-state index contributed by atoms with van der Waals surface area (Å²) in [6, 6.07) is 2.03. The van der Waals surface area contributed by atoms with Gasteiger partial charge in [-0.1, -0.05) is 6.42 Å². The van der Waals surface area contributed by atoms with Gasteiger partial charge in [-0.05, 0) is 58.1 Å². The molecule has 0 radical (unpaired) electrons. The van der Waals surface area contributed by atoms with Crippen molar-refractivity contribution in [3.05, 3.63) is 33.2 Å². The second-order valence-electron chi connectivity index (χ2n) is 6.70. The van der Waals surface area contributed by atoms with Gasteiger partial charge in [-0.15, -0.1) is 0 Å². The molecule has 2 rings (SSSR count). The van der Waals surface area contributed by atoms with Crippen molar-refractivity contribution in [1.29, 1.82) is 0 Å². The second kappa shape index (κ2) is 5.92. The first kappa shape index (κ1) is 15.6. The zero-order chi connectivity index (χ0) is 15.6. The second-order valence-corrected chi connectivity index (χ2v) is 6.70. The van der Waals surface area contributed by atoms with E-state index in [1.807, 2.05) is 13.0 Å². The van der Waals surface area contributed by atoms with Crippen molar-refractivity contribution in [3.63, 3.8) is 0 Å². The van der Waals surface area contributed by atoms with Crippen LogP contribution in [0.3, 0.4) is 0 Å². The Morgan fingerprint density at radius 2 is 2.10 bits per heavy atom. The average Bonchev–Trinajstić information content (AvgIpc) is 2.22. The van der Waals surface area contributed by atoms with Gasteiger partial charge in [0.1, 0.15) is 5.60 Å². The number of rotatable bonds is 3. The molecule has 0 atom stereocenters. The lowest BCUT2D eigenvalue weighted by Crippen LogP contribution is -2.34. The molecule has 0 saturated heterocycles. The van der Waals surface area contributed by atoms with Gasteiger partial charge in [0.25, 0.3) is 5.56 Å². The standard InChI is InChI=1S/C16H24N2O3/c1-10-8-13(11-6-5-7-11)18-14(19)12(10)9-17-15(20)21-16(2,3)4/h8,11H,5-7,9H2,1-4H3,(H,17,20)(H,18,19). The van der Waals surface area contributed by atoms with Crippen LogP contribution >= 0.6 is 0 Å². The maximum absolute atomic E-state index is 12.2. The van der Waals surface area contributed by atoms with Crippen LogP contribution in [0.1, 0.15) is 62.8 Å². The number of pyridine rings is 1. The predicted molar refractivity (Wildman–Crippen MR) is 81.5 cm³/mol. The molecule has 1 amide bonds. The van der Waals surface area contributed by atoms with Crippen LogP contribution in [0, 0.1) is 6.92 Å². The van der Waals surface area contributed by atoms with Crippen molar-refractivity contribution in [2.45, 2.75) is 65.0 Å². The Morgan fingerprint density at radius 1 is 1.43 bits per heavy atom. The monoisotopic (exact) mass is 292 g/mol. The Bertz CT molecular complexity index is 580. The van der Waals surface area contributed by atoms with Crippen LogP contribution in [0.15, 0.2) is 10.9 Å². The first-order valence-corrected chi connectivity index (χ1v) is 7.46. The zero-order valence-electron chi connectivity index (χ0n) is 13.2. The van der Waals surface area contributed by atoms with E-state index in [9.17, 15) is 9.59 Å². The van der Waals surface area contributed by atoms with Crippen molar-refractivity contribution < 1.29 is 9.53 Å². The number of nitrogens with one attached hydrogen (secondary N) is 2. The molecule has 1 fully saturated rings. The fourth-order valence-electron chi connectivity index (χ4n) is 2.38. The highest BCUT2D eigenvalue weighted by Crippen LogP contribution is 2.35. The molecular formula is C16H24N2O3. The Labute approximate surface area is 125 Å². The van der Waals surface area contributed by atoms with Gasteiger partial charge < -0.3 is 15.0 Å². The predicted octanol–water partition coefficient (Wildman–Crippen LogP) is 2.98. The lowest BCUT2D eigenvalue weighted by atomic mass is 9.82. The number of alkyl carbamates (subject to hydrolysis) is 1. The number of hydrogen-bond acceptors (Lipinski definition) is 3. The third kappa shape index (κ3) is 4.09. The third-order valence-electron chi connectivity index (χ3n) is 3.73. The average molecular weight is 292 g/mol. The molecule has 0 aromatic carbocycles. The Hall–Kier alpha value is -1.78. The maximum atomic E-state index is 12.2. The molecule has 5 nitrogen and oxygen atoms in total. The van der Waals surface area contributed by atoms with E-state index in [-0.39, 0.29) is 12.1 Å². The molecule has 116 valence electrons. The van der Waals surface area contributed by atoms with Gasteiger partial charge in [0, 0.05) is 11.3 Å². The minimum Gasteiger partial charge on any atom is -0.444 e. The quantitative estimate of drug-likeness (QED) is 0.899. The maximum Gasteiger partial charge on any atom is 0.407 e. The largest absolute Gasteiger partial charge is 0.444 e. The van der Waals surface area contributed by atoms with Crippen LogP contribution in [0.25, 0.3) is 0 Å². The molecule has 1 aromatic rings. The van der Waals surface area contributed by atoms with Gasteiger partial charge in [0.15, 0.2) is 0 Å². The van der Waals surface area contributed by atoms with Crippen LogP contribution < -0.4 is 10.9 Å². The summed E-state index contributed by atoms with van der Waals surface area (Å²) in [6.07, 6.45) is 3.01. The fraction of sp³-hybridized carbons (Fsp3) is 0.625. The van der Waals surface area contributed by atoms with Crippen molar-refractivity contribution in [2.24, 2.45) is 0 Å². The first-order valence-electron chi connectivity index (χ1n) is 7.46. The summed E-state index contributed by atoms with van der Waals surface area (Å²) >= 11 is 0. The number of aryl methyl sites for hydroxylation is 1. The third-order valence-corrected chi connectivity index (χ3v) is 3.73. The Balaban J connectivity index is 2.03. The first-order chi connectivity index (χ1) is 9.76. The van der Waals surface area contributed by atoms with Gasteiger partial charge in [0.05, 0.1) is 6.54 Å². The van der Waals surface area contributed by atoms with E-state index in [0.29, 0.717) is 11.5 Å². The van der Waals surface area contributed by atoms with Crippen LogP contribution in [0.2, 0.25) is 0 Å². The molecular weight excluding hydrogens is 268 g/mol.